The molecule has 1 fully saturated rings. The zero-order valence-electron chi connectivity index (χ0n) is 15.2. The van der Waals surface area contributed by atoms with Crippen LogP contribution in [-0.4, -0.2) is 50.2 Å². The van der Waals surface area contributed by atoms with Crippen molar-refractivity contribution in [2.24, 2.45) is 10.9 Å². The quantitative estimate of drug-likeness (QED) is 0.341. The van der Waals surface area contributed by atoms with Gasteiger partial charge in [0.05, 0.1) is 0 Å². The highest BCUT2D eigenvalue weighted by molar-refractivity contribution is 5.90. The summed E-state index contributed by atoms with van der Waals surface area (Å²) in [4.78, 5) is 20.2. The van der Waals surface area contributed by atoms with Crippen LogP contribution < -0.4 is 16.0 Å². The highest BCUT2D eigenvalue weighted by Gasteiger charge is 2.20. The van der Waals surface area contributed by atoms with Crippen molar-refractivity contribution in [2.75, 3.05) is 38.7 Å². The Hall–Kier alpha value is -2.15. The molecule has 1 heterocycles. The predicted molar refractivity (Wildman–Crippen MR) is 99.7 cm³/mol. The molecule has 7 nitrogen and oxygen atoms in total. The molecule has 0 spiro atoms. The molecule has 25 heavy (non-hydrogen) atoms. The zero-order valence-corrected chi connectivity index (χ0v) is 15.2. The Morgan fingerprint density at radius 3 is 2.80 bits per heavy atom. The van der Waals surface area contributed by atoms with Crippen LogP contribution in [0.2, 0.25) is 0 Å². The summed E-state index contributed by atoms with van der Waals surface area (Å²) in [7, 11) is 1.72. The monoisotopic (exact) mass is 347 g/mol. The number of ether oxygens (including phenoxy) is 1. The van der Waals surface area contributed by atoms with E-state index >= 15 is 0 Å². The van der Waals surface area contributed by atoms with Crippen molar-refractivity contribution in [3.63, 3.8) is 0 Å². The van der Waals surface area contributed by atoms with Gasteiger partial charge in [-0.15, -0.1) is 0 Å². The second-order valence-electron chi connectivity index (χ2n) is 6.32. The summed E-state index contributed by atoms with van der Waals surface area (Å²) in [6, 6.07) is 3.72. The van der Waals surface area contributed by atoms with Crippen LogP contribution in [0.1, 0.15) is 31.2 Å². The minimum atomic E-state index is -0.0761. The Bertz CT molecular complexity index is 555. The Morgan fingerprint density at radius 1 is 1.32 bits per heavy atom. The molecule has 7 heteroatoms. The minimum absolute atomic E-state index is 0.0761. The average molecular weight is 347 g/mol. The van der Waals surface area contributed by atoms with E-state index in [1.165, 1.54) is 12.8 Å². The number of nitrogens with zero attached hydrogens (tertiary/aromatic N) is 2. The third-order valence-electron chi connectivity index (χ3n) is 3.86. The topological polar surface area (TPSA) is 87.6 Å². The van der Waals surface area contributed by atoms with E-state index in [1.807, 2.05) is 13.0 Å². The van der Waals surface area contributed by atoms with E-state index in [-0.39, 0.29) is 5.91 Å². The van der Waals surface area contributed by atoms with Crippen molar-refractivity contribution in [2.45, 2.75) is 32.6 Å². The van der Waals surface area contributed by atoms with Gasteiger partial charge < -0.3 is 20.7 Å². The SMILES string of the molecule is CN=C(NCCCOCC1CC1)NCCC(=O)Nc1ccc(C)cn1. The molecule has 3 N–H and O–H groups in total. The molecule has 0 radical (unpaired) electrons. The van der Waals surface area contributed by atoms with E-state index in [9.17, 15) is 4.79 Å². The first-order chi connectivity index (χ1) is 12.2. The lowest BCUT2D eigenvalue weighted by Crippen LogP contribution is -2.39. The molecule has 0 bridgehead atoms. The van der Waals surface area contributed by atoms with Crippen molar-refractivity contribution in [3.8, 4) is 0 Å². The van der Waals surface area contributed by atoms with Gasteiger partial charge >= 0.3 is 0 Å². The molecular formula is C18H29N5O2. The van der Waals surface area contributed by atoms with E-state index in [2.05, 4.69) is 25.9 Å². The van der Waals surface area contributed by atoms with Crippen LogP contribution in [0.15, 0.2) is 23.3 Å². The van der Waals surface area contributed by atoms with Crippen LogP contribution in [0.25, 0.3) is 0 Å². The van der Waals surface area contributed by atoms with E-state index in [0.29, 0.717) is 24.7 Å². The summed E-state index contributed by atoms with van der Waals surface area (Å²) in [6.07, 6.45) is 5.66. The first kappa shape index (κ1) is 19.2. The van der Waals surface area contributed by atoms with Crippen molar-refractivity contribution in [3.05, 3.63) is 23.9 Å². The maximum atomic E-state index is 11.9. The highest BCUT2D eigenvalue weighted by Crippen LogP contribution is 2.28. The fraction of sp³-hybridized carbons (Fsp3) is 0.611. The number of nitrogens with one attached hydrogen (secondary N) is 3. The number of aryl methyl sites for hydroxylation is 1. The number of pyridine rings is 1. The average Bonchev–Trinajstić information content (AvgIpc) is 3.42. The van der Waals surface area contributed by atoms with E-state index < -0.39 is 0 Å². The smallest absolute Gasteiger partial charge is 0.227 e. The van der Waals surface area contributed by atoms with Gasteiger partial charge in [0.1, 0.15) is 5.82 Å². The third-order valence-corrected chi connectivity index (χ3v) is 3.86. The zero-order chi connectivity index (χ0) is 17.9. The fourth-order valence-electron chi connectivity index (χ4n) is 2.18. The number of rotatable bonds is 10. The van der Waals surface area contributed by atoms with Crippen molar-refractivity contribution in [1.29, 1.82) is 0 Å². The number of aliphatic imine (C=N–C) groups is 1. The maximum absolute atomic E-state index is 11.9. The molecule has 0 aromatic carbocycles. The number of aromatic nitrogens is 1. The number of guanidine groups is 1. The number of anilines is 1. The lowest BCUT2D eigenvalue weighted by molar-refractivity contribution is -0.116. The summed E-state index contributed by atoms with van der Waals surface area (Å²) in [5.41, 5.74) is 1.06. The largest absolute Gasteiger partial charge is 0.381 e. The summed E-state index contributed by atoms with van der Waals surface area (Å²) in [6.45, 7) is 4.93. The molecule has 0 saturated heterocycles. The van der Waals surface area contributed by atoms with E-state index in [1.54, 1.807) is 19.3 Å². The second-order valence-corrected chi connectivity index (χ2v) is 6.32. The molecule has 1 aliphatic carbocycles. The lowest BCUT2D eigenvalue weighted by atomic mass is 10.3. The molecular weight excluding hydrogens is 318 g/mol. The number of hydrogen-bond acceptors (Lipinski definition) is 4. The van der Waals surface area contributed by atoms with Crippen LogP contribution in [0, 0.1) is 12.8 Å². The maximum Gasteiger partial charge on any atom is 0.227 e. The van der Waals surface area contributed by atoms with Gasteiger partial charge in [-0.25, -0.2) is 4.98 Å². The van der Waals surface area contributed by atoms with Gasteiger partial charge in [-0.05, 0) is 43.7 Å². The van der Waals surface area contributed by atoms with Crippen LogP contribution >= 0.6 is 0 Å². The van der Waals surface area contributed by atoms with Gasteiger partial charge in [0.15, 0.2) is 5.96 Å². The molecule has 0 atom stereocenters. The van der Waals surface area contributed by atoms with Crippen LogP contribution in [0.3, 0.4) is 0 Å². The number of carbonyl (C=O) groups excluding carboxylic acids is 1. The number of hydrogen-bond donors (Lipinski definition) is 3. The van der Waals surface area contributed by atoms with Crippen LogP contribution in [-0.2, 0) is 9.53 Å². The Kier molecular flexibility index (Phi) is 8.18. The molecule has 1 aliphatic rings. The standard InChI is InChI=1S/C18H29N5O2/c1-14-4-7-16(22-12-14)23-17(24)8-10-21-18(19-2)20-9-3-11-25-13-15-5-6-15/h4,7,12,15H,3,5-6,8-11,13H2,1-2H3,(H2,19,20,21)(H,22,23,24). The molecule has 2 rings (SSSR count). The molecule has 1 aromatic heterocycles. The van der Waals surface area contributed by atoms with Gasteiger partial charge in [0, 0.05) is 46.0 Å². The molecule has 1 aromatic rings. The molecule has 1 amide bonds. The first-order valence-corrected chi connectivity index (χ1v) is 8.92. The van der Waals surface area contributed by atoms with Crippen molar-refractivity contribution < 1.29 is 9.53 Å². The van der Waals surface area contributed by atoms with Crippen molar-refractivity contribution >= 4 is 17.7 Å². The summed E-state index contributed by atoms with van der Waals surface area (Å²) < 4.78 is 5.59. The van der Waals surface area contributed by atoms with Crippen LogP contribution in [0.4, 0.5) is 5.82 Å². The second kappa shape index (κ2) is 10.7. The van der Waals surface area contributed by atoms with E-state index in [4.69, 9.17) is 4.74 Å². The summed E-state index contributed by atoms with van der Waals surface area (Å²) in [5.74, 6) is 2.00. The van der Waals surface area contributed by atoms with Gasteiger partial charge in [0.25, 0.3) is 0 Å². The third kappa shape index (κ3) is 8.49. The Balaban J connectivity index is 1.52. The predicted octanol–water partition coefficient (Wildman–Crippen LogP) is 1.70. The van der Waals surface area contributed by atoms with Gasteiger partial charge in [0.2, 0.25) is 5.91 Å². The van der Waals surface area contributed by atoms with Crippen molar-refractivity contribution in [1.82, 2.24) is 15.6 Å². The highest BCUT2D eigenvalue weighted by atomic mass is 16.5. The van der Waals surface area contributed by atoms with Crippen LogP contribution in [0.5, 0.6) is 0 Å². The summed E-state index contributed by atoms with van der Waals surface area (Å²) in [5, 5.41) is 9.12. The fourth-order valence-corrected chi connectivity index (χ4v) is 2.18. The first-order valence-electron chi connectivity index (χ1n) is 8.92. The number of carbonyl (C=O) groups is 1. The summed E-state index contributed by atoms with van der Waals surface area (Å²) >= 11 is 0. The molecule has 0 unspecified atom stereocenters. The van der Waals surface area contributed by atoms with Gasteiger partial charge in [-0.2, -0.15) is 0 Å². The molecule has 0 aliphatic heterocycles. The normalized spacial score (nSPS) is 14.2. The molecule has 138 valence electrons. The minimum Gasteiger partial charge on any atom is -0.381 e. The Labute approximate surface area is 149 Å². The molecule has 1 saturated carbocycles. The Morgan fingerprint density at radius 2 is 2.12 bits per heavy atom. The van der Waals surface area contributed by atoms with E-state index in [0.717, 1.165) is 37.7 Å². The van der Waals surface area contributed by atoms with Gasteiger partial charge in [-0.1, -0.05) is 6.07 Å². The lowest BCUT2D eigenvalue weighted by Gasteiger charge is -2.12. The van der Waals surface area contributed by atoms with Gasteiger partial charge in [-0.3, -0.25) is 9.79 Å². The number of amides is 1.